The predicted octanol–water partition coefficient (Wildman–Crippen LogP) is 3.73. The second kappa shape index (κ2) is 6.05. The largest absolute Gasteiger partial charge is 0.407 e. The Bertz CT molecular complexity index is 705. The molecule has 0 atom stereocenters. The molecule has 0 saturated heterocycles. The van der Waals surface area contributed by atoms with Crippen molar-refractivity contribution >= 4 is 18.7 Å². The van der Waals surface area contributed by atoms with Crippen LogP contribution in [-0.2, 0) is 4.43 Å². The van der Waals surface area contributed by atoms with Crippen LogP contribution in [0.2, 0.25) is 5.04 Å². The Hall–Kier alpha value is -1.42. The Morgan fingerprint density at radius 2 is 1.31 bits per heavy atom. The Kier molecular flexibility index (Phi) is 4.18. The first-order valence-electron chi connectivity index (χ1n) is 9.71. The van der Waals surface area contributed by atoms with E-state index in [1.807, 2.05) is 0 Å². The second-order valence-corrected chi connectivity index (χ2v) is 13.9. The summed E-state index contributed by atoms with van der Waals surface area (Å²) in [5, 5.41) is 12.3. The van der Waals surface area contributed by atoms with Crippen LogP contribution in [0.4, 0.5) is 0 Å². The van der Waals surface area contributed by atoms with Crippen LogP contribution in [0.1, 0.15) is 40.0 Å². The van der Waals surface area contributed by atoms with E-state index in [4.69, 9.17) is 4.43 Å². The monoisotopic (exact) mass is 366 g/mol. The molecule has 3 heteroatoms. The Morgan fingerprint density at radius 3 is 1.69 bits per heavy atom. The van der Waals surface area contributed by atoms with Gasteiger partial charge in [-0.2, -0.15) is 0 Å². The smallest absolute Gasteiger partial charge is 0.261 e. The summed E-state index contributed by atoms with van der Waals surface area (Å²) in [6.07, 6.45) is 3.40. The fraction of sp³-hybridized carbons (Fsp3) is 0.478. The van der Waals surface area contributed by atoms with Crippen LogP contribution in [-0.4, -0.2) is 26.6 Å². The molecule has 26 heavy (non-hydrogen) atoms. The van der Waals surface area contributed by atoms with Gasteiger partial charge in [-0.15, -0.1) is 0 Å². The van der Waals surface area contributed by atoms with E-state index in [1.165, 1.54) is 10.4 Å². The molecule has 5 rings (SSSR count). The highest BCUT2D eigenvalue weighted by molar-refractivity contribution is 6.99. The molecule has 3 aliphatic rings. The normalized spacial score (nSPS) is 27.5. The van der Waals surface area contributed by atoms with Gasteiger partial charge in [0.1, 0.15) is 0 Å². The second-order valence-electron chi connectivity index (χ2n) is 9.64. The predicted molar refractivity (Wildman–Crippen MR) is 109 cm³/mol. The van der Waals surface area contributed by atoms with Crippen LogP contribution >= 0.6 is 0 Å². The van der Waals surface area contributed by atoms with Gasteiger partial charge in [-0.3, -0.25) is 0 Å². The number of hydrogen-bond donors (Lipinski definition) is 1. The quantitative estimate of drug-likeness (QED) is 0.790. The standard InChI is InChI=1S/C23H30O2Si/c1-21(2,3)26(19-10-6-4-7-11-19,20-12-8-5-9-13-20)25-18-23-14-22(15-23,16-23)17-24/h4-13,24H,14-18H2,1-3H3. The summed E-state index contributed by atoms with van der Waals surface area (Å²) in [7, 11) is -2.41. The zero-order valence-corrected chi connectivity index (χ0v) is 17.2. The molecule has 0 spiro atoms. The van der Waals surface area contributed by atoms with Crippen molar-refractivity contribution in [2.45, 2.75) is 45.1 Å². The van der Waals surface area contributed by atoms with Crippen molar-refractivity contribution in [1.29, 1.82) is 0 Å². The molecule has 0 radical (unpaired) electrons. The van der Waals surface area contributed by atoms with Crippen molar-refractivity contribution in [3.63, 3.8) is 0 Å². The average Bonchev–Trinajstić information content (AvgIpc) is 2.56. The summed E-state index contributed by atoms with van der Waals surface area (Å²) in [5.74, 6) is 0. The summed E-state index contributed by atoms with van der Waals surface area (Å²) in [6.45, 7) is 8.15. The van der Waals surface area contributed by atoms with E-state index in [9.17, 15) is 5.11 Å². The maximum absolute atomic E-state index is 9.58. The summed E-state index contributed by atoms with van der Waals surface area (Å²) in [4.78, 5) is 0. The third-order valence-corrected chi connectivity index (χ3v) is 11.6. The zero-order valence-electron chi connectivity index (χ0n) is 16.2. The first kappa shape index (κ1) is 18.0. The molecule has 2 bridgehead atoms. The molecular weight excluding hydrogens is 336 g/mol. The SMILES string of the molecule is CC(C)(C)[Si](OCC12CC(CO)(C1)C2)(c1ccccc1)c1ccccc1. The third-order valence-electron chi connectivity index (χ3n) is 6.60. The molecule has 1 N–H and O–H groups in total. The minimum atomic E-state index is -2.41. The lowest BCUT2D eigenvalue weighted by Crippen LogP contribution is -2.71. The van der Waals surface area contributed by atoms with Crippen LogP contribution in [0, 0.1) is 10.8 Å². The maximum atomic E-state index is 9.58. The van der Waals surface area contributed by atoms with Gasteiger partial charge in [-0.05, 0) is 45.5 Å². The van der Waals surface area contributed by atoms with E-state index in [1.54, 1.807) is 0 Å². The fourth-order valence-corrected chi connectivity index (χ4v) is 10.3. The number of aliphatic hydroxyl groups excluding tert-OH is 1. The Labute approximate surface area is 158 Å². The minimum Gasteiger partial charge on any atom is -0.407 e. The van der Waals surface area contributed by atoms with Gasteiger partial charge in [0.2, 0.25) is 0 Å². The number of benzene rings is 2. The van der Waals surface area contributed by atoms with Gasteiger partial charge in [0.15, 0.2) is 0 Å². The summed E-state index contributed by atoms with van der Waals surface area (Å²) in [5.41, 5.74) is 0.546. The highest BCUT2D eigenvalue weighted by Gasteiger charge is 2.68. The molecule has 2 aromatic rings. The van der Waals surface area contributed by atoms with Crippen molar-refractivity contribution < 1.29 is 9.53 Å². The number of hydrogen-bond acceptors (Lipinski definition) is 2. The van der Waals surface area contributed by atoms with E-state index >= 15 is 0 Å². The first-order chi connectivity index (χ1) is 12.3. The number of rotatable bonds is 6. The molecule has 2 nitrogen and oxygen atoms in total. The summed E-state index contributed by atoms with van der Waals surface area (Å²) < 4.78 is 7.06. The van der Waals surface area contributed by atoms with Crippen LogP contribution in [0.5, 0.6) is 0 Å². The van der Waals surface area contributed by atoms with Crippen LogP contribution in [0.15, 0.2) is 60.7 Å². The fourth-order valence-electron chi connectivity index (χ4n) is 5.57. The van der Waals surface area contributed by atoms with E-state index < -0.39 is 8.32 Å². The molecule has 0 amide bonds. The molecular formula is C23H30O2Si. The van der Waals surface area contributed by atoms with Crippen molar-refractivity contribution in [3.05, 3.63) is 60.7 Å². The van der Waals surface area contributed by atoms with Gasteiger partial charge in [0.25, 0.3) is 8.32 Å². The van der Waals surface area contributed by atoms with Crippen LogP contribution in [0.3, 0.4) is 0 Å². The lowest BCUT2D eigenvalue weighted by molar-refractivity contribution is -0.236. The summed E-state index contributed by atoms with van der Waals surface area (Å²) in [6, 6.07) is 21.7. The first-order valence-corrected chi connectivity index (χ1v) is 11.6. The molecule has 3 fully saturated rings. The third kappa shape index (κ3) is 2.60. The average molecular weight is 367 g/mol. The minimum absolute atomic E-state index is 0.0356. The van der Waals surface area contributed by atoms with Gasteiger partial charge in [0, 0.05) is 13.2 Å². The van der Waals surface area contributed by atoms with Gasteiger partial charge in [0.05, 0.1) is 0 Å². The van der Waals surface area contributed by atoms with Gasteiger partial charge in [-0.1, -0.05) is 81.4 Å². The molecule has 2 aromatic carbocycles. The van der Waals surface area contributed by atoms with E-state index in [2.05, 4.69) is 81.4 Å². The molecule has 0 aliphatic heterocycles. The van der Waals surface area contributed by atoms with Gasteiger partial charge < -0.3 is 9.53 Å². The van der Waals surface area contributed by atoms with Crippen LogP contribution in [0.25, 0.3) is 0 Å². The van der Waals surface area contributed by atoms with Crippen molar-refractivity contribution in [2.24, 2.45) is 10.8 Å². The van der Waals surface area contributed by atoms with Gasteiger partial charge in [-0.25, -0.2) is 0 Å². The molecule has 0 heterocycles. The molecule has 3 saturated carbocycles. The number of aliphatic hydroxyl groups is 1. The Balaban J connectivity index is 1.72. The lowest BCUT2D eigenvalue weighted by Gasteiger charge is -2.70. The molecule has 3 aliphatic carbocycles. The van der Waals surface area contributed by atoms with E-state index in [-0.39, 0.29) is 10.5 Å². The lowest BCUT2D eigenvalue weighted by atomic mass is 9.36. The topological polar surface area (TPSA) is 29.5 Å². The highest BCUT2D eigenvalue weighted by Crippen LogP contribution is 2.73. The summed E-state index contributed by atoms with van der Waals surface area (Å²) >= 11 is 0. The van der Waals surface area contributed by atoms with Crippen molar-refractivity contribution in [1.82, 2.24) is 0 Å². The molecule has 138 valence electrons. The molecule has 0 unspecified atom stereocenters. The Morgan fingerprint density at radius 1 is 0.846 bits per heavy atom. The van der Waals surface area contributed by atoms with Gasteiger partial charge >= 0.3 is 0 Å². The maximum Gasteiger partial charge on any atom is 0.261 e. The zero-order chi connectivity index (χ0) is 18.5. The van der Waals surface area contributed by atoms with E-state index in [0.717, 1.165) is 25.9 Å². The van der Waals surface area contributed by atoms with E-state index in [0.29, 0.717) is 12.0 Å². The highest BCUT2D eigenvalue weighted by atomic mass is 28.4. The van der Waals surface area contributed by atoms with Crippen molar-refractivity contribution in [3.8, 4) is 0 Å². The molecule has 0 aromatic heterocycles. The van der Waals surface area contributed by atoms with Crippen molar-refractivity contribution in [2.75, 3.05) is 13.2 Å². The van der Waals surface area contributed by atoms with Crippen LogP contribution < -0.4 is 10.4 Å².